The maximum absolute atomic E-state index is 12.1. The Labute approximate surface area is 124 Å². The van der Waals surface area contributed by atoms with E-state index in [-0.39, 0.29) is 5.56 Å². The van der Waals surface area contributed by atoms with E-state index in [4.69, 9.17) is 4.74 Å². The molecule has 0 unspecified atom stereocenters. The van der Waals surface area contributed by atoms with Gasteiger partial charge in [-0.15, -0.1) is 0 Å². The molecular formula is C13H15BrN4O2. The number of hydrogen-bond donors (Lipinski definition) is 1. The molecule has 1 N–H and O–H groups in total. The Morgan fingerprint density at radius 2 is 2.15 bits per heavy atom. The molecule has 20 heavy (non-hydrogen) atoms. The smallest absolute Gasteiger partial charge is 0.265 e. The van der Waals surface area contributed by atoms with Crippen LogP contribution in [0, 0.1) is 6.92 Å². The van der Waals surface area contributed by atoms with Crippen LogP contribution in [0.2, 0.25) is 0 Å². The molecule has 0 aromatic carbocycles. The summed E-state index contributed by atoms with van der Waals surface area (Å²) in [7, 11) is 3.38. The van der Waals surface area contributed by atoms with Crippen LogP contribution in [0.1, 0.15) is 30.1 Å². The molecule has 0 radical (unpaired) electrons. The van der Waals surface area contributed by atoms with Gasteiger partial charge in [-0.1, -0.05) is 0 Å². The average Bonchev–Trinajstić information content (AvgIpc) is 3.18. The third kappa shape index (κ3) is 2.06. The lowest BCUT2D eigenvalue weighted by atomic mass is 10.2. The van der Waals surface area contributed by atoms with Gasteiger partial charge in [0.05, 0.1) is 18.5 Å². The van der Waals surface area contributed by atoms with Crippen molar-refractivity contribution in [1.82, 2.24) is 19.7 Å². The van der Waals surface area contributed by atoms with Gasteiger partial charge >= 0.3 is 0 Å². The monoisotopic (exact) mass is 338 g/mol. The number of nitrogens with one attached hydrogen (secondary N) is 1. The normalized spacial score (nSPS) is 14.6. The predicted molar refractivity (Wildman–Crippen MR) is 78.0 cm³/mol. The molecule has 6 nitrogen and oxygen atoms in total. The number of hydrogen-bond acceptors (Lipinski definition) is 4. The first kappa shape index (κ1) is 13.4. The Morgan fingerprint density at radius 3 is 2.75 bits per heavy atom. The number of halogens is 1. The second kappa shape index (κ2) is 4.73. The van der Waals surface area contributed by atoms with Crippen LogP contribution in [0.15, 0.2) is 9.27 Å². The Kier molecular flexibility index (Phi) is 3.16. The van der Waals surface area contributed by atoms with Gasteiger partial charge in [0.1, 0.15) is 15.9 Å². The van der Waals surface area contributed by atoms with Crippen molar-refractivity contribution in [3.63, 3.8) is 0 Å². The van der Waals surface area contributed by atoms with Crippen LogP contribution in [0.3, 0.4) is 0 Å². The molecule has 1 fully saturated rings. The van der Waals surface area contributed by atoms with Crippen molar-refractivity contribution < 1.29 is 4.74 Å². The van der Waals surface area contributed by atoms with E-state index in [1.165, 1.54) is 0 Å². The highest BCUT2D eigenvalue weighted by atomic mass is 79.9. The van der Waals surface area contributed by atoms with E-state index in [0.717, 1.165) is 29.8 Å². The van der Waals surface area contributed by atoms with Gasteiger partial charge in [-0.05, 0) is 35.7 Å². The first-order valence-electron chi connectivity index (χ1n) is 6.40. The fraction of sp³-hybridized carbons (Fsp3) is 0.462. The van der Waals surface area contributed by atoms with E-state index < -0.39 is 0 Å². The minimum absolute atomic E-state index is 0.165. The van der Waals surface area contributed by atoms with E-state index in [1.807, 2.05) is 6.92 Å². The molecule has 2 aromatic heterocycles. The minimum Gasteiger partial charge on any atom is -0.481 e. The maximum atomic E-state index is 12.1. The van der Waals surface area contributed by atoms with Crippen LogP contribution in [-0.2, 0) is 7.05 Å². The van der Waals surface area contributed by atoms with Crippen LogP contribution < -0.4 is 10.3 Å². The summed E-state index contributed by atoms with van der Waals surface area (Å²) in [6, 6.07) is 0. The van der Waals surface area contributed by atoms with E-state index in [1.54, 1.807) is 18.8 Å². The highest BCUT2D eigenvalue weighted by Crippen LogP contribution is 2.42. The Hall–Kier alpha value is -1.63. The van der Waals surface area contributed by atoms with Crippen molar-refractivity contribution in [3.8, 4) is 17.3 Å². The first-order chi connectivity index (χ1) is 9.52. The zero-order chi connectivity index (χ0) is 14.4. The number of aromatic nitrogens is 4. The van der Waals surface area contributed by atoms with Crippen LogP contribution in [0.4, 0.5) is 0 Å². The second-order valence-electron chi connectivity index (χ2n) is 4.98. The molecule has 0 saturated heterocycles. The summed E-state index contributed by atoms with van der Waals surface area (Å²) < 4.78 is 7.54. The lowest BCUT2D eigenvalue weighted by Gasteiger charge is -2.07. The van der Waals surface area contributed by atoms with Gasteiger partial charge in [-0.2, -0.15) is 5.10 Å². The number of aromatic amines is 1. The number of nitrogens with zero attached hydrogens (tertiary/aromatic N) is 3. The standard InChI is InChI=1S/C13H15BrN4O2/c1-6-8(13(20-3)18(2)17-6)11-15-10(7-4-5-7)9(14)12(19)16-11/h7H,4-5H2,1-3H3,(H,15,16,19). The van der Waals surface area contributed by atoms with Crippen molar-refractivity contribution in [2.24, 2.45) is 7.05 Å². The Morgan fingerprint density at radius 1 is 1.45 bits per heavy atom. The summed E-state index contributed by atoms with van der Waals surface area (Å²) in [5.74, 6) is 1.49. The average molecular weight is 339 g/mol. The number of aryl methyl sites for hydroxylation is 2. The van der Waals surface area contributed by atoms with Gasteiger partial charge in [0.25, 0.3) is 5.56 Å². The van der Waals surface area contributed by atoms with Gasteiger partial charge < -0.3 is 9.72 Å². The van der Waals surface area contributed by atoms with Crippen LogP contribution in [-0.4, -0.2) is 26.9 Å². The molecule has 2 heterocycles. The van der Waals surface area contributed by atoms with Gasteiger partial charge in [-0.3, -0.25) is 4.79 Å². The van der Waals surface area contributed by atoms with Crippen LogP contribution in [0.25, 0.3) is 11.4 Å². The molecule has 0 atom stereocenters. The van der Waals surface area contributed by atoms with Gasteiger partial charge in [0, 0.05) is 13.0 Å². The zero-order valence-electron chi connectivity index (χ0n) is 11.5. The molecule has 7 heteroatoms. The Balaban J connectivity index is 2.23. The van der Waals surface area contributed by atoms with E-state index in [2.05, 4.69) is 31.0 Å². The van der Waals surface area contributed by atoms with Crippen LogP contribution in [0.5, 0.6) is 5.88 Å². The van der Waals surface area contributed by atoms with Gasteiger partial charge in [0.2, 0.25) is 5.88 Å². The quantitative estimate of drug-likeness (QED) is 0.930. The molecule has 0 aliphatic heterocycles. The fourth-order valence-corrected chi connectivity index (χ4v) is 2.88. The summed E-state index contributed by atoms with van der Waals surface area (Å²) >= 11 is 3.33. The van der Waals surface area contributed by atoms with Crippen molar-refractivity contribution in [1.29, 1.82) is 0 Å². The van der Waals surface area contributed by atoms with Crippen molar-refractivity contribution in [2.75, 3.05) is 7.11 Å². The molecule has 1 aliphatic rings. The molecule has 1 aliphatic carbocycles. The summed E-state index contributed by atoms with van der Waals surface area (Å²) in [6.07, 6.45) is 2.16. The summed E-state index contributed by atoms with van der Waals surface area (Å²) in [4.78, 5) is 19.5. The number of ether oxygens (including phenoxy) is 1. The number of rotatable bonds is 3. The lowest BCUT2D eigenvalue weighted by Crippen LogP contribution is -2.13. The first-order valence-corrected chi connectivity index (χ1v) is 7.20. The lowest BCUT2D eigenvalue weighted by molar-refractivity contribution is 0.374. The van der Waals surface area contributed by atoms with Crippen molar-refractivity contribution in [3.05, 3.63) is 26.2 Å². The predicted octanol–water partition coefficient (Wildman–Crippen LogP) is 2.13. The zero-order valence-corrected chi connectivity index (χ0v) is 13.1. The maximum Gasteiger partial charge on any atom is 0.265 e. The van der Waals surface area contributed by atoms with E-state index in [9.17, 15) is 4.79 Å². The van der Waals surface area contributed by atoms with E-state index >= 15 is 0 Å². The fourth-order valence-electron chi connectivity index (χ4n) is 2.37. The summed E-state index contributed by atoms with van der Waals surface area (Å²) in [5.41, 5.74) is 2.18. The largest absolute Gasteiger partial charge is 0.481 e. The molecule has 0 amide bonds. The van der Waals surface area contributed by atoms with Crippen LogP contribution >= 0.6 is 15.9 Å². The van der Waals surface area contributed by atoms with Crippen molar-refractivity contribution in [2.45, 2.75) is 25.7 Å². The molecule has 106 valence electrons. The van der Waals surface area contributed by atoms with Gasteiger partial charge in [0.15, 0.2) is 0 Å². The molecular weight excluding hydrogens is 324 g/mol. The molecule has 0 spiro atoms. The topological polar surface area (TPSA) is 72.8 Å². The number of H-pyrrole nitrogens is 1. The Bertz CT molecular complexity index is 731. The minimum atomic E-state index is -0.165. The van der Waals surface area contributed by atoms with E-state index in [0.29, 0.717) is 22.1 Å². The highest BCUT2D eigenvalue weighted by molar-refractivity contribution is 9.10. The molecule has 2 aromatic rings. The summed E-state index contributed by atoms with van der Waals surface area (Å²) in [6.45, 7) is 1.87. The third-order valence-corrected chi connectivity index (χ3v) is 4.22. The molecule has 0 bridgehead atoms. The summed E-state index contributed by atoms with van der Waals surface area (Å²) in [5, 5.41) is 4.32. The SMILES string of the molecule is COc1c(-c2nc(C3CC3)c(Br)c(=O)[nH]2)c(C)nn1C. The van der Waals surface area contributed by atoms with Gasteiger partial charge in [-0.25, -0.2) is 9.67 Å². The number of methoxy groups -OCH3 is 1. The molecule has 1 saturated carbocycles. The molecule has 3 rings (SSSR count). The third-order valence-electron chi connectivity index (χ3n) is 3.45. The second-order valence-corrected chi connectivity index (χ2v) is 5.77. The van der Waals surface area contributed by atoms with Crippen molar-refractivity contribution >= 4 is 15.9 Å². The highest BCUT2D eigenvalue weighted by Gasteiger charge is 2.30.